The predicted octanol–water partition coefficient (Wildman–Crippen LogP) is 3.78. The van der Waals surface area contributed by atoms with Gasteiger partial charge in [0, 0.05) is 23.0 Å². The van der Waals surface area contributed by atoms with Gasteiger partial charge in [0.15, 0.2) is 5.65 Å². The van der Waals surface area contributed by atoms with Crippen molar-refractivity contribution in [3.63, 3.8) is 0 Å². The van der Waals surface area contributed by atoms with E-state index < -0.39 is 5.97 Å². The van der Waals surface area contributed by atoms with E-state index >= 15 is 0 Å². The van der Waals surface area contributed by atoms with Crippen molar-refractivity contribution in [2.75, 3.05) is 12.4 Å². The Labute approximate surface area is 134 Å². The number of aromatic nitrogens is 2. The number of benzene rings is 1. The second kappa shape index (κ2) is 6.04. The lowest BCUT2D eigenvalue weighted by molar-refractivity contribution is 0.0601. The summed E-state index contributed by atoms with van der Waals surface area (Å²) in [6.07, 6.45) is 1.50. The van der Waals surface area contributed by atoms with Crippen molar-refractivity contribution in [2.24, 2.45) is 0 Å². The van der Waals surface area contributed by atoms with Gasteiger partial charge in [-0.1, -0.05) is 12.1 Å². The summed E-state index contributed by atoms with van der Waals surface area (Å²) in [6, 6.07) is 11.7. The number of aryl methyl sites for hydroxylation is 2. The Hall–Kier alpha value is -2.95. The minimum atomic E-state index is -0.435. The van der Waals surface area contributed by atoms with Gasteiger partial charge in [0.1, 0.15) is 5.56 Å². The molecule has 1 aromatic carbocycles. The Morgan fingerprint density at radius 1 is 1.17 bits per heavy atom. The maximum absolute atomic E-state index is 12.1. The van der Waals surface area contributed by atoms with E-state index in [1.165, 1.54) is 13.3 Å². The molecular formula is C18H17N3O2. The Kier molecular flexibility index (Phi) is 3.93. The molecule has 116 valence electrons. The zero-order chi connectivity index (χ0) is 16.4. The van der Waals surface area contributed by atoms with E-state index in [1.54, 1.807) is 0 Å². The number of carbonyl (C=O) groups excluding carboxylic acids is 1. The fraction of sp³-hybridized carbons (Fsp3) is 0.167. The lowest BCUT2D eigenvalue weighted by atomic mass is 10.1. The van der Waals surface area contributed by atoms with Crippen LogP contribution in [0.15, 0.2) is 42.6 Å². The van der Waals surface area contributed by atoms with Gasteiger partial charge in [0.2, 0.25) is 0 Å². The monoisotopic (exact) mass is 307 g/mol. The fourth-order valence-corrected chi connectivity index (χ4v) is 2.44. The van der Waals surface area contributed by atoms with E-state index in [0.717, 1.165) is 22.3 Å². The molecule has 5 nitrogen and oxygen atoms in total. The summed E-state index contributed by atoms with van der Waals surface area (Å²) in [4.78, 5) is 20.8. The van der Waals surface area contributed by atoms with Crippen LogP contribution in [0, 0.1) is 13.8 Å². The average molecular weight is 307 g/mol. The number of nitrogens with zero attached hydrogens (tertiary/aromatic N) is 2. The molecule has 0 aliphatic heterocycles. The molecule has 23 heavy (non-hydrogen) atoms. The van der Waals surface area contributed by atoms with E-state index in [9.17, 15) is 4.79 Å². The van der Waals surface area contributed by atoms with Gasteiger partial charge in [-0.05, 0) is 43.7 Å². The number of rotatable bonds is 3. The lowest BCUT2D eigenvalue weighted by Crippen LogP contribution is -2.08. The molecule has 0 aliphatic carbocycles. The molecule has 2 heterocycles. The number of pyridine rings is 2. The quantitative estimate of drug-likeness (QED) is 0.746. The number of nitrogens with one attached hydrogen (secondary N) is 1. The molecule has 0 spiro atoms. The second-order valence-corrected chi connectivity index (χ2v) is 5.36. The minimum absolute atomic E-state index is 0.382. The molecule has 0 radical (unpaired) electrons. The number of esters is 1. The summed E-state index contributed by atoms with van der Waals surface area (Å²) in [5.74, 6) is -0.435. The van der Waals surface area contributed by atoms with Crippen LogP contribution in [0.3, 0.4) is 0 Å². The van der Waals surface area contributed by atoms with E-state index in [2.05, 4.69) is 15.3 Å². The zero-order valence-electron chi connectivity index (χ0n) is 13.3. The zero-order valence-corrected chi connectivity index (χ0v) is 13.3. The SMILES string of the molecule is COC(=O)c1cnc2nc(C)ccc2c1Nc1cccc(C)c1. The normalized spacial score (nSPS) is 10.6. The maximum Gasteiger partial charge on any atom is 0.341 e. The summed E-state index contributed by atoms with van der Waals surface area (Å²) in [5, 5.41) is 4.09. The van der Waals surface area contributed by atoms with Crippen LogP contribution in [0.2, 0.25) is 0 Å². The average Bonchev–Trinajstić information content (AvgIpc) is 2.54. The summed E-state index contributed by atoms with van der Waals surface area (Å²) in [6.45, 7) is 3.92. The predicted molar refractivity (Wildman–Crippen MR) is 90.1 cm³/mol. The molecule has 0 unspecified atom stereocenters. The molecule has 0 bridgehead atoms. The number of hydrogen-bond acceptors (Lipinski definition) is 5. The van der Waals surface area contributed by atoms with Crippen molar-refractivity contribution < 1.29 is 9.53 Å². The van der Waals surface area contributed by atoms with Crippen LogP contribution in [-0.4, -0.2) is 23.0 Å². The maximum atomic E-state index is 12.1. The van der Waals surface area contributed by atoms with Crippen molar-refractivity contribution in [3.8, 4) is 0 Å². The smallest absolute Gasteiger partial charge is 0.341 e. The number of hydrogen-bond donors (Lipinski definition) is 1. The Balaban J connectivity index is 2.19. The number of anilines is 2. The molecule has 0 amide bonds. The van der Waals surface area contributed by atoms with Gasteiger partial charge in [-0.3, -0.25) is 0 Å². The number of ether oxygens (including phenoxy) is 1. The van der Waals surface area contributed by atoms with E-state index in [1.807, 2.05) is 50.2 Å². The van der Waals surface area contributed by atoms with E-state index in [0.29, 0.717) is 16.9 Å². The van der Waals surface area contributed by atoms with Gasteiger partial charge in [0.05, 0.1) is 12.8 Å². The molecule has 1 N–H and O–H groups in total. The summed E-state index contributed by atoms with van der Waals surface area (Å²) in [7, 11) is 1.36. The molecule has 5 heteroatoms. The highest BCUT2D eigenvalue weighted by Gasteiger charge is 2.17. The molecule has 0 fully saturated rings. The van der Waals surface area contributed by atoms with Crippen molar-refractivity contribution in [3.05, 3.63) is 59.4 Å². The van der Waals surface area contributed by atoms with Gasteiger partial charge in [0.25, 0.3) is 0 Å². The van der Waals surface area contributed by atoms with Gasteiger partial charge in [-0.15, -0.1) is 0 Å². The lowest BCUT2D eigenvalue weighted by Gasteiger charge is -2.14. The first-order chi connectivity index (χ1) is 11.1. The van der Waals surface area contributed by atoms with Crippen LogP contribution in [0.1, 0.15) is 21.6 Å². The van der Waals surface area contributed by atoms with Gasteiger partial charge >= 0.3 is 5.97 Å². The van der Waals surface area contributed by atoms with Crippen LogP contribution in [0.4, 0.5) is 11.4 Å². The number of fused-ring (bicyclic) bond motifs is 1. The third kappa shape index (κ3) is 2.99. The van der Waals surface area contributed by atoms with Gasteiger partial charge < -0.3 is 10.1 Å². The van der Waals surface area contributed by atoms with Gasteiger partial charge in [-0.2, -0.15) is 0 Å². The highest BCUT2D eigenvalue weighted by molar-refractivity contribution is 6.05. The topological polar surface area (TPSA) is 64.1 Å². The summed E-state index contributed by atoms with van der Waals surface area (Å²) < 4.78 is 4.87. The largest absolute Gasteiger partial charge is 0.465 e. The third-order valence-corrected chi connectivity index (χ3v) is 3.56. The number of carbonyl (C=O) groups is 1. The molecular weight excluding hydrogens is 290 g/mol. The summed E-state index contributed by atoms with van der Waals surface area (Å²) >= 11 is 0. The van der Waals surface area contributed by atoms with E-state index in [-0.39, 0.29) is 0 Å². The van der Waals surface area contributed by atoms with Crippen molar-refractivity contribution >= 4 is 28.4 Å². The van der Waals surface area contributed by atoms with Crippen molar-refractivity contribution in [1.82, 2.24) is 9.97 Å². The van der Waals surface area contributed by atoms with Crippen LogP contribution < -0.4 is 5.32 Å². The molecule has 0 atom stereocenters. The highest BCUT2D eigenvalue weighted by atomic mass is 16.5. The first kappa shape index (κ1) is 15.0. The first-order valence-electron chi connectivity index (χ1n) is 7.27. The molecule has 3 rings (SSSR count). The molecule has 0 saturated carbocycles. The van der Waals surface area contributed by atoms with Crippen molar-refractivity contribution in [2.45, 2.75) is 13.8 Å². The highest BCUT2D eigenvalue weighted by Crippen LogP contribution is 2.29. The van der Waals surface area contributed by atoms with Gasteiger partial charge in [-0.25, -0.2) is 14.8 Å². The van der Waals surface area contributed by atoms with Crippen LogP contribution in [-0.2, 0) is 4.74 Å². The molecule has 2 aromatic heterocycles. The molecule has 0 aliphatic rings. The second-order valence-electron chi connectivity index (χ2n) is 5.36. The van der Waals surface area contributed by atoms with E-state index in [4.69, 9.17) is 4.74 Å². The Morgan fingerprint density at radius 2 is 2.00 bits per heavy atom. The van der Waals surface area contributed by atoms with Crippen LogP contribution in [0.25, 0.3) is 11.0 Å². The Bertz CT molecular complexity index is 891. The summed E-state index contributed by atoms with van der Waals surface area (Å²) in [5.41, 5.74) is 4.52. The minimum Gasteiger partial charge on any atom is -0.465 e. The first-order valence-corrected chi connectivity index (χ1v) is 7.27. The van der Waals surface area contributed by atoms with Crippen molar-refractivity contribution in [1.29, 1.82) is 0 Å². The molecule has 3 aromatic rings. The standard InChI is InChI=1S/C18H17N3O2/c1-11-5-4-6-13(9-11)21-16-14-8-7-12(2)20-17(14)19-10-15(16)18(22)23-3/h4-10H,1-3H3,(H,19,20,21). The Morgan fingerprint density at radius 3 is 2.74 bits per heavy atom. The van der Waals surface area contributed by atoms with Crippen LogP contribution >= 0.6 is 0 Å². The van der Waals surface area contributed by atoms with Crippen LogP contribution in [0.5, 0.6) is 0 Å². The molecule has 0 saturated heterocycles. The fourth-order valence-electron chi connectivity index (χ4n) is 2.44. The number of methoxy groups -OCH3 is 1. The third-order valence-electron chi connectivity index (χ3n) is 3.56.